The number of pyridine rings is 2. The summed E-state index contributed by atoms with van der Waals surface area (Å²) in [6.07, 6.45) is 5.60. The largest absolute Gasteiger partial charge is 0.378 e. The normalized spacial score (nSPS) is 11.7. The lowest BCUT2D eigenvalue weighted by molar-refractivity contribution is 0.378. The second kappa shape index (κ2) is 10.7. The van der Waals surface area contributed by atoms with Crippen molar-refractivity contribution in [2.24, 2.45) is 9.98 Å². The molecule has 29 heavy (non-hydrogen) atoms. The van der Waals surface area contributed by atoms with E-state index in [1.54, 1.807) is 12.4 Å². The van der Waals surface area contributed by atoms with Gasteiger partial charge in [-0.15, -0.1) is 0 Å². The second-order valence-corrected chi connectivity index (χ2v) is 7.75. The van der Waals surface area contributed by atoms with Gasteiger partial charge in [-0.3, -0.25) is 0 Å². The maximum atomic E-state index is 4.54. The highest BCUT2D eigenvalue weighted by atomic mass is 15.1. The summed E-state index contributed by atoms with van der Waals surface area (Å²) in [7, 11) is 12.3. The van der Waals surface area contributed by atoms with Gasteiger partial charge in [0.05, 0.1) is 0 Å². The summed E-state index contributed by atoms with van der Waals surface area (Å²) in [6, 6.07) is 8.70. The predicted molar refractivity (Wildman–Crippen MR) is 123 cm³/mol. The zero-order valence-electron chi connectivity index (χ0n) is 18.7. The average Bonchev–Trinajstić information content (AvgIpc) is 2.69. The molecule has 1 atom stereocenters. The number of aliphatic imine (C=N–C) groups is 2. The number of nitrogens with zero attached hydrogens (tertiary/aromatic N) is 7. The molecule has 0 amide bonds. The fraction of sp³-hybridized carbons (Fsp3) is 0.500. The van der Waals surface area contributed by atoms with E-state index >= 15 is 0 Å². The van der Waals surface area contributed by atoms with Gasteiger partial charge in [-0.1, -0.05) is 6.92 Å². The van der Waals surface area contributed by atoms with Gasteiger partial charge in [0.1, 0.15) is 6.01 Å². The zero-order chi connectivity index (χ0) is 21.4. The van der Waals surface area contributed by atoms with E-state index in [1.165, 1.54) is 0 Å². The van der Waals surface area contributed by atoms with Gasteiger partial charge in [-0.05, 0) is 51.5 Å². The van der Waals surface area contributed by atoms with Crippen LogP contribution in [0.4, 0.5) is 23.0 Å². The van der Waals surface area contributed by atoms with Crippen molar-refractivity contribution in [2.75, 3.05) is 58.6 Å². The number of hydrogen-bond acceptors (Lipinski definition) is 7. The Morgan fingerprint density at radius 3 is 2.31 bits per heavy atom. The first-order valence-corrected chi connectivity index (χ1v) is 9.94. The Morgan fingerprint density at radius 2 is 1.69 bits per heavy atom. The van der Waals surface area contributed by atoms with Crippen molar-refractivity contribution in [1.82, 2.24) is 14.9 Å². The second-order valence-electron chi connectivity index (χ2n) is 7.75. The Morgan fingerprint density at radius 1 is 0.966 bits per heavy atom. The van der Waals surface area contributed by atoms with E-state index in [1.807, 2.05) is 37.2 Å². The quantitative estimate of drug-likeness (QED) is 0.596. The summed E-state index contributed by atoms with van der Waals surface area (Å²) in [5.74, 6) is 1.61. The fourth-order valence-corrected chi connectivity index (χ4v) is 3.16. The van der Waals surface area contributed by atoms with Gasteiger partial charge in [-0.25, -0.2) is 9.97 Å². The van der Waals surface area contributed by atoms with Crippen LogP contribution in [0.25, 0.3) is 0 Å². The smallest absolute Gasteiger partial charge is 0.168 e. The van der Waals surface area contributed by atoms with Crippen molar-refractivity contribution in [3.05, 3.63) is 36.2 Å². The van der Waals surface area contributed by atoms with Crippen molar-refractivity contribution < 1.29 is 0 Å². The Bertz CT molecular complexity index is 852. The van der Waals surface area contributed by atoms with Crippen LogP contribution in [0, 0.1) is 0 Å². The Hall–Kier alpha value is -2.76. The van der Waals surface area contributed by atoms with Crippen molar-refractivity contribution >= 4 is 29.0 Å². The van der Waals surface area contributed by atoms with Crippen LogP contribution in [0.2, 0.25) is 0 Å². The zero-order valence-corrected chi connectivity index (χ0v) is 18.7. The van der Waals surface area contributed by atoms with Gasteiger partial charge in [0.25, 0.3) is 0 Å². The lowest BCUT2D eigenvalue weighted by Gasteiger charge is -2.25. The van der Waals surface area contributed by atoms with Gasteiger partial charge >= 0.3 is 0 Å². The van der Waals surface area contributed by atoms with Gasteiger partial charge < -0.3 is 14.7 Å². The van der Waals surface area contributed by atoms with Gasteiger partial charge in [0.2, 0.25) is 0 Å². The summed E-state index contributed by atoms with van der Waals surface area (Å²) in [4.78, 5) is 23.9. The van der Waals surface area contributed by atoms with Gasteiger partial charge in [-0.2, -0.15) is 9.98 Å². The first kappa shape index (κ1) is 22.5. The van der Waals surface area contributed by atoms with Crippen molar-refractivity contribution in [3.63, 3.8) is 0 Å². The van der Waals surface area contributed by atoms with Crippen LogP contribution in [0.5, 0.6) is 0 Å². The van der Waals surface area contributed by atoms with Gasteiger partial charge in [0, 0.05) is 63.6 Å². The van der Waals surface area contributed by atoms with Crippen LogP contribution < -0.4 is 9.80 Å². The molecule has 0 aliphatic rings. The van der Waals surface area contributed by atoms with E-state index in [4.69, 9.17) is 0 Å². The number of hydrogen-bond donors (Lipinski definition) is 0. The van der Waals surface area contributed by atoms with E-state index in [2.05, 4.69) is 70.9 Å². The molecule has 2 aromatic rings. The maximum absolute atomic E-state index is 4.54. The highest BCUT2D eigenvalue weighted by molar-refractivity contribution is 5.66. The van der Waals surface area contributed by atoms with Crippen LogP contribution >= 0.6 is 0 Å². The topological polar surface area (TPSA) is 60.2 Å². The molecule has 0 N–H and O–H groups in total. The minimum absolute atomic E-state index is 0.360. The SMILES string of the molecule is CCC(CCN(C)C)c1c(N(C)C)ccnc1N=C=Nc1cc(N(C)C)ccn1. The molecular formula is C22H33N7. The lowest BCUT2D eigenvalue weighted by atomic mass is 9.91. The standard InChI is InChI=1S/C22H33N7/c1-8-17(11-14-27(2)3)21-19(29(6)7)10-13-24-22(21)26-16-25-20-15-18(28(4)5)9-12-23-20/h9-10,12-13,15,17H,8,11,14H2,1-7H3. The molecule has 0 aromatic carbocycles. The summed E-state index contributed by atoms with van der Waals surface area (Å²) < 4.78 is 0. The fourth-order valence-electron chi connectivity index (χ4n) is 3.16. The number of anilines is 2. The van der Waals surface area contributed by atoms with Crippen LogP contribution in [0.3, 0.4) is 0 Å². The molecule has 0 spiro atoms. The summed E-state index contributed by atoms with van der Waals surface area (Å²) in [5, 5.41) is 0. The maximum Gasteiger partial charge on any atom is 0.168 e. The predicted octanol–water partition coefficient (Wildman–Crippen LogP) is 4.19. The number of rotatable bonds is 9. The molecule has 0 saturated carbocycles. The van der Waals surface area contributed by atoms with E-state index < -0.39 is 0 Å². The molecule has 2 rings (SSSR count). The molecule has 0 saturated heterocycles. The first-order chi connectivity index (χ1) is 13.8. The summed E-state index contributed by atoms with van der Waals surface area (Å²) in [5.41, 5.74) is 3.32. The molecule has 7 nitrogen and oxygen atoms in total. The summed E-state index contributed by atoms with van der Waals surface area (Å²) in [6.45, 7) is 3.23. The monoisotopic (exact) mass is 395 g/mol. The molecule has 156 valence electrons. The van der Waals surface area contributed by atoms with Crippen LogP contribution in [-0.4, -0.2) is 69.7 Å². The van der Waals surface area contributed by atoms with E-state index in [0.29, 0.717) is 17.6 Å². The van der Waals surface area contributed by atoms with Gasteiger partial charge in [0.15, 0.2) is 11.6 Å². The van der Waals surface area contributed by atoms with Crippen LogP contribution in [0.15, 0.2) is 40.6 Å². The Balaban J connectivity index is 2.42. The summed E-state index contributed by atoms with van der Waals surface area (Å²) >= 11 is 0. The van der Waals surface area contributed by atoms with Crippen LogP contribution in [-0.2, 0) is 0 Å². The molecule has 1 unspecified atom stereocenters. The lowest BCUT2D eigenvalue weighted by Crippen LogP contribution is -2.18. The Labute approximate surface area is 174 Å². The first-order valence-electron chi connectivity index (χ1n) is 9.94. The average molecular weight is 396 g/mol. The van der Waals surface area contributed by atoms with Crippen molar-refractivity contribution in [2.45, 2.75) is 25.7 Å². The highest BCUT2D eigenvalue weighted by Gasteiger charge is 2.20. The molecule has 2 heterocycles. The highest BCUT2D eigenvalue weighted by Crippen LogP contribution is 2.37. The molecule has 7 heteroatoms. The molecule has 0 aliphatic carbocycles. The molecular weight excluding hydrogens is 362 g/mol. The molecule has 2 aromatic heterocycles. The minimum atomic E-state index is 0.360. The van der Waals surface area contributed by atoms with Crippen molar-refractivity contribution in [3.8, 4) is 0 Å². The third-order valence-corrected chi connectivity index (χ3v) is 4.82. The van der Waals surface area contributed by atoms with Crippen molar-refractivity contribution in [1.29, 1.82) is 0 Å². The third-order valence-electron chi connectivity index (χ3n) is 4.82. The van der Waals surface area contributed by atoms with E-state index in [9.17, 15) is 0 Å². The minimum Gasteiger partial charge on any atom is -0.378 e. The van der Waals surface area contributed by atoms with E-state index in [-0.39, 0.29) is 0 Å². The van der Waals surface area contributed by atoms with Crippen LogP contribution in [0.1, 0.15) is 31.2 Å². The number of aromatic nitrogens is 2. The molecule has 0 fully saturated rings. The molecule has 0 bridgehead atoms. The molecule has 0 aliphatic heterocycles. The van der Waals surface area contributed by atoms with E-state index in [0.717, 1.165) is 36.3 Å². The molecule has 0 radical (unpaired) electrons. The Kier molecular flexibility index (Phi) is 8.31. The third kappa shape index (κ3) is 6.38.